The van der Waals surface area contributed by atoms with Crippen molar-refractivity contribution in [2.24, 2.45) is 4.99 Å². The number of aliphatic hydroxyl groups is 1. The number of nitrogens with one attached hydrogen (secondary N) is 1. The van der Waals surface area contributed by atoms with Crippen LogP contribution in [-0.2, 0) is 11.2 Å². The third-order valence-electron chi connectivity index (χ3n) is 2.99. The fourth-order valence-electron chi connectivity index (χ4n) is 2.33. The lowest BCUT2D eigenvalue weighted by atomic mass is 10.1. The van der Waals surface area contributed by atoms with Gasteiger partial charge < -0.3 is 10.4 Å². The van der Waals surface area contributed by atoms with Crippen molar-refractivity contribution in [2.75, 3.05) is 0 Å². The van der Waals surface area contributed by atoms with Gasteiger partial charge in [0.15, 0.2) is 0 Å². The van der Waals surface area contributed by atoms with Crippen LogP contribution in [0.4, 0.5) is 5.69 Å². The first-order valence-corrected chi connectivity index (χ1v) is 6.07. The maximum absolute atomic E-state index is 11.2. The number of nitrogens with zero attached hydrogens (tertiary/aromatic N) is 1. The van der Waals surface area contributed by atoms with Gasteiger partial charge in [-0.3, -0.25) is 9.79 Å². The van der Waals surface area contributed by atoms with Crippen molar-refractivity contribution in [3.8, 4) is 0 Å². The van der Waals surface area contributed by atoms with Gasteiger partial charge in [0, 0.05) is 19.1 Å². The number of hydrogen-bond donors (Lipinski definition) is 2. The van der Waals surface area contributed by atoms with Crippen molar-refractivity contribution in [2.45, 2.75) is 39.3 Å². The molecule has 18 heavy (non-hydrogen) atoms. The molecular weight excluding hydrogens is 228 g/mol. The molecule has 0 aliphatic heterocycles. The summed E-state index contributed by atoms with van der Waals surface area (Å²) in [6.07, 6.45) is 0.0286. The van der Waals surface area contributed by atoms with Crippen LogP contribution in [0.15, 0.2) is 23.2 Å². The number of hydrogen-bond acceptors (Lipinski definition) is 3. The Kier molecular flexibility index (Phi) is 3.48. The standard InChI is InChI=1S/C14H18N2O2/c1-8(2)15-11-5-4-10-6-13(18)14(12(10)7-11)16-9(3)17/h4-5,7,13-14,18H,6H2,1-3H3,(H,16,17). The average molecular weight is 246 g/mol. The Morgan fingerprint density at radius 2 is 2.11 bits per heavy atom. The van der Waals surface area contributed by atoms with Gasteiger partial charge in [-0.2, -0.15) is 0 Å². The minimum absolute atomic E-state index is 0.132. The van der Waals surface area contributed by atoms with Crippen molar-refractivity contribution in [3.05, 3.63) is 29.3 Å². The lowest BCUT2D eigenvalue weighted by Crippen LogP contribution is -2.32. The molecule has 0 spiro atoms. The lowest BCUT2D eigenvalue weighted by Gasteiger charge is -2.16. The zero-order chi connectivity index (χ0) is 13.3. The molecule has 96 valence electrons. The molecule has 1 aromatic carbocycles. The zero-order valence-electron chi connectivity index (χ0n) is 10.9. The third-order valence-corrected chi connectivity index (χ3v) is 2.99. The minimum atomic E-state index is -0.550. The van der Waals surface area contributed by atoms with Gasteiger partial charge in [0.2, 0.25) is 5.91 Å². The number of aliphatic hydroxyl groups excluding tert-OH is 1. The molecule has 0 saturated heterocycles. The molecule has 0 radical (unpaired) electrons. The molecular formula is C14H18N2O2. The molecule has 4 nitrogen and oxygen atoms in total. The molecule has 4 heteroatoms. The molecule has 0 aromatic heterocycles. The predicted octanol–water partition coefficient (Wildman–Crippen LogP) is 1.89. The average Bonchev–Trinajstić information content (AvgIpc) is 2.54. The van der Waals surface area contributed by atoms with E-state index >= 15 is 0 Å². The number of fused-ring (bicyclic) bond motifs is 1. The highest BCUT2D eigenvalue weighted by Crippen LogP contribution is 2.34. The van der Waals surface area contributed by atoms with Crippen LogP contribution in [0.2, 0.25) is 0 Å². The van der Waals surface area contributed by atoms with Crippen molar-refractivity contribution >= 4 is 17.3 Å². The van der Waals surface area contributed by atoms with E-state index in [1.54, 1.807) is 0 Å². The number of rotatable bonds is 2. The van der Waals surface area contributed by atoms with Gasteiger partial charge in [-0.25, -0.2) is 0 Å². The van der Waals surface area contributed by atoms with E-state index < -0.39 is 6.10 Å². The third kappa shape index (κ3) is 2.59. The Bertz CT molecular complexity index is 505. The van der Waals surface area contributed by atoms with E-state index in [1.165, 1.54) is 6.92 Å². The van der Waals surface area contributed by atoms with E-state index in [-0.39, 0.29) is 11.9 Å². The fraction of sp³-hybridized carbons (Fsp3) is 0.429. The first kappa shape index (κ1) is 12.8. The smallest absolute Gasteiger partial charge is 0.217 e. The molecule has 1 amide bonds. The summed E-state index contributed by atoms with van der Waals surface area (Å²) in [6, 6.07) is 5.54. The van der Waals surface area contributed by atoms with Crippen LogP contribution in [0, 0.1) is 0 Å². The molecule has 1 aromatic rings. The normalized spacial score (nSPS) is 21.3. The first-order valence-electron chi connectivity index (χ1n) is 6.07. The van der Waals surface area contributed by atoms with E-state index in [9.17, 15) is 9.90 Å². The summed E-state index contributed by atoms with van der Waals surface area (Å²) >= 11 is 0. The van der Waals surface area contributed by atoms with Crippen molar-refractivity contribution < 1.29 is 9.90 Å². The number of carbonyl (C=O) groups is 1. The van der Waals surface area contributed by atoms with E-state index in [2.05, 4.69) is 10.3 Å². The SMILES string of the molecule is CC(=O)NC1c2cc(N=C(C)C)ccc2CC1O. The van der Waals surface area contributed by atoms with Gasteiger partial charge in [-0.05, 0) is 37.1 Å². The summed E-state index contributed by atoms with van der Waals surface area (Å²) in [7, 11) is 0. The lowest BCUT2D eigenvalue weighted by molar-refractivity contribution is -0.120. The first-order chi connectivity index (χ1) is 8.47. The van der Waals surface area contributed by atoms with Crippen LogP contribution in [0.1, 0.15) is 37.9 Å². The monoisotopic (exact) mass is 246 g/mol. The molecule has 2 rings (SSSR count). The van der Waals surface area contributed by atoms with Crippen LogP contribution in [0.25, 0.3) is 0 Å². The number of aliphatic imine (C=N–C) groups is 1. The maximum Gasteiger partial charge on any atom is 0.217 e. The molecule has 0 saturated carbocycles. The highest BCUT2D eigenvalue weighted by atomic mass is 16.3. The maximum atomic E-state index is 11.2. The minimum Gasteiger partial charge on any atom is -0.390 e. The van der Waals surface area contributed by atoms with Gasteiger partial charge in [-0.1, -0.05) is 6.07 Å². The van der Waals surface area contributed by atoms with E-state index in [1.807, 2.05) is 32.0 Å². The van der Waals surface area contributed by atoms with Crippen molar-refractivity contribution in [1.29, 1.82) is 0 Å². The molecule has 2 N–H and O–H groups in total. The Hall–Kier alpha value is -1.68. The quantitative estimate of drug-likeness (QED) is 0.783. The summed E-state index contributed by atoms with van der Waals surface area (Å²) < 4.78 is 0. The van der Waals surface area contributed by atoms with Crippen LogP contribution in [0.5, 0.6) is 0 Å². The van der Waals surface area contributed by atoms with Crippen molar-refractivity contribution in [1.82, 2.24) is 5.32 Å². The van der Waals surface area contributed by atoms with Gasteiger partial charge in [0.25, 0.3) is 0 Å². The van der Waals surface area contributed by atoms with Crippen LogP contribution < -0.4 is 5.32 Å². The van der Waals surface area contributed by atoms with Crippen LogP contribution in [-0.4, -0.2) is 22.8 Å². The highest BCUT2D eigenvalue weighted by molar-refractivity contribution is 5.82. The van der Waals surface area contributed by atoms with E-state index in [0.717, 1.165) is 22.5 Å². The summed E-state index contributed by atoms with van der Waals surface area (Å²) in [5, 5.41) is 12.8. The second-order valence-electron chi connectivity index (χ2n) is 4.89. The largest absolute Gasteiger partial charge is 0.390 e. The Morgan fingerprint density at radius 3 is 2.72 bits per heavy atom. The summed E-state index contributed by atoms with van der Waals surface area (Å²) in [6.45, 7) is 5.34. The van der Waals surface area contributed by atoms with Crippen LogP contribution in [0.3, 0.4) is 0 Å². The number of carbonyl (C=O) groups excluding carboxylic acids is 1. The summed E-state index contributed by atoms with van der Waals surface area (Å²) in [5.74, 6) is -0.132. The molecule has 2 unspecified atom stereocenters. The van der Waals surface area contributed by atoms with Gasteiger partial charge in [0.05, 0.1) is 17.8 Å². The molecule has 1 aliphatic carbocycles. The van der Waals surface area contributed by atoms with Gasteiger partial charge >= 0.3 is 0 Å². The zero-order valence-corrected chi connectivity index (χ0v) is 10.9. The molecule has 0 heterocycles. The molecule has 1 aliphatic rings. The Balaban J connectivity index is 2.36. The van der Waals surface area contributed by atoms with E-state index in [4.69, 9.17) is 0 Å². The molecule has 0 fully saturated rings. The number of benzene rings is 1. The molecule has 2 atom stereocenters. The summed E-state index contributed by atoms with van der Waals surface area (Å²) in [4.78, 5) is 15.6. The summed E-state index contributed by atoms with van der Waals surface area (Å²) in [5.41, 5.74) is 3.89. The van der Waals surface area contributed by atoms with Crippen LogP contribution >= 0.6 is 0 Å². The second-order valence-corrected chi connectivity index (χ2v) is 4.89. The van der Waals surface area contributed by atoms with Crippen molar-refractivity contribution in [3.63, 3.8) is 0 Å². The predicted molar refractivity (Wildman–Crippen MR) is 71.2 cm³/mol. The van der Waals surface area contributed by atoms with Gasteiger partial charge in [0.1, 0.15) is 0 Å². The molecule has 0 bridgehead atoms. The van der Waals surface area contributed by atoms with E-state index in [0.29, 0.717) is 6.42 Å². The Morgan fingerprint density at radius 1 is 1.39 bits per heavy atom. The Labute approximate surface area is 107 Å². The topological polar surface area (TPSA) is 61.7 Å². The number of amides is 1. The van der Waals surface area contributed by atoms with Gasteiger partial charge in [-0.15, -0.1) is 0 Å². The second kappa shape index (κ2) is 4.90. The highest BCUT2D eigenvalue weighted by Gasteiger charge is 2.31. The fourth-order valence-corrected chi connectivity index (χ4v) is 2.33.